The van der Waals surface area contributed by atoms with Gasteiger partial charge in [-0.05, 0) is 31.9 Å². The zero-order valence-electron chi connectivity index (χ0n) is 9.79. The van der Waals surface area contributed by atoms with Gasteiger partial charge in [0.1, 0.15) is 0 Å². The van der Waals surface area contributed by atoms with Crippen molar-refractivity contribution in [2.24, 2.45) is 0 Å². The Morgan fingerprint density at radius 2 is 2.20 bits per heavy atom. The summed E-state index contributed by atoms with van der Waals surface area (Å²) >= 11 is 0. The van der Waals surface area contributed by atoms with Gasteiger partial charge in [-0.2, -0.15) is 0 Å². The van der Waals surface area contributed by atoms with Crippen LogP contribution in [0.1, 0.15) is 25.0 Å². The Morgan fingerprint density at radius 1 is 1.40 bits per heavy atom. The topological polar surface area (TPSA) is 34.2 Å². The number of aromatic nitrogens is 1. The summed E-state index contributed by atoms with van der Waals surface area (Å²) in [5.41, 5.74) is 2.42. The van der Waals surface area contributed by atoms with Gasteiger partial charge in [0.25, 0.3) is 0 Å². The smallest absolute Gasteiger partial charge is 0.0594 e. The number of nitrogens with zero attached hydrogens (tertiary/aromatic N) is 1. The van der Waals surface area contributed by atoms with Gasteiger partial charge in [0, 0.05) is 25.5 Å². The summed E-state index contributed by atoms with van der Waals surface area (Å²) in [4.78, 5) is 4.14. The van der Waals surface area contributed by atoms with Crippen LogP contribution in [-0.4, -0.2) is 24.2 Å². The monoisotopic (exact) mass is 208 g/mol. The molecule has 0 spiro atoms. The molecule has 0 aliphatic carbocycles. The number of hydrogen-bond acceptors (Lipinski definition) is 3. The minimum Gasteiger partial charge on any atom is -0.377 e. The summed E-state index contributed by atoms with van der Waals surface area (Å²) in [7, 11) is 0. The molecule has 3 nitrogen and oxygen atoms in total. The quantitative estimate of drug-likeness (QED) is 0.725. The van der Waals surface area contributed by atoms with Gasteiger partial charge in [-0.15, -0.1) is 0 Å². The summed E-state index contributed by atoms with van der Waals surface area (Å²) in [6.07, 6.45) is 4.07. The fraction of sp³-hybridized carbons (Fsp3) is 0.583. The van der Waals surface area contributed by atoms with Crippen LogP contribution in [0.3, 0.4) is 0 Å². The summed E-state index contributed by atoms with van der Waals surface area (Å²) < 4.78 is 5.43. The Morgan fingerprint density at radius 3 is 2.87 bits per heavy atom. The molecule has 1 aromatic rings. The Kier molecular flexibility index (Phi) is 5.29. The highest BCUT2D eigenvalue weighted by molar-refractivity contribution is 5.16. The van der Waals surface area contributed by atoms with E-state index in [-0.39, 0.29) is 0 Å². The predicted octanol–water partition coefficient (Wildman–Crippen LogP) is 1.90. The first-order valence-electron chi connectivity index (χ1n) is 5.41. The van der Waals surface area contributed by atoms with Crippen LogP contribution in [-0.2, 0) is 11.3 Å². The van der Waals surface area contributed by atoms with Crippen LogP contribution in [0.2, 0.25) is 0 Å². The van der Waals surface area contributed by atoms with Gasteiger partial charge in [0.15, 0.2) is 0 Å². The number of aryl methyl sites for hydroxylation is 1. The van der Waals surface area contributed by atoms with E-state index < -0.39 is 0 Å². The van der Waals surface area contributed by atoms with Crippen molar-refractivity contribution < 1.29 is 4.74 Å². The van der Waals surface area contributed by atoms with Gasteiger partial charge in [-0.25, -0.2) is 0 Å². The fourth-order valence-electron chi connectivity index (χ4n) is 1.31. The molecule has 0 fully saturated rings. The molecule has 3 heteroatoms. The minimum atomic E-state index is 0.312. The second-order valence-electron chi connectivity index (χ2n) is 3.97. The first-order valence-corrected chi connectivity index (χ1v) is 5.41. The van der Waals surface area contributed by atoms with Crippen LogP contribution in [0.15, 0.2) is 18.5 Å². The molecule has 0 aliphatic heterocycles. The lowest BCUT2D eigenvalue weighted by Crippen LogP contribution is -2.21. The number of pyridine rings is 1. The maximum absolute atomic E-state index is 5.43. The van der Waals surface area contributed by atoms with E-state index in [4.69, 9.17) is 4.74 Å². The molecular formula is C12H20N2O. The molecular weight excluding hydrogens is 188 g/mol. The average Bonchev–Trinajstić information content (AvgIpc) is 2.17. The highest BCUT2D eigenvalue weighted by atomic mass is 16.5. The van der Waals surface area contributed by atoms with E-state index in [1.165, 1.54) is 11.1 Å². The van der Waals surface area contributed by atoms with Gasteiger partial charge in [0.05, 0.1) is 12.7 Å². The van der Waals surface area contributed by atoms with Crippen LogP contribution in [0.5, 0.6) is 0 Å². The zero-order chi connectivity index (χ0) is 11.1. The third-order valence-electron chi connectivity index (χ3n) is 1.99. The van der Waals surface area contributed by atoms with Crippen molar-refractivity contribution in [3.05, 3.63) is 29.6 Å². The summed E-state index contributed by atoms with van der Waals surface area (Å²) in [6, 6.07) is 2.14. The van der Waals surface area contributed by atoms with Crippen LogP contribution in [0, 0.1) is 6.92 Å². The van der Waals surface area contributed by atoms with Gasteiger partial charge < -0.3 is 10.1 Å². The second kappa shape index (κ2) is 6.53. The molecule has 15 heavy (non-hydrogen) atoms. The van der Waals surface area contributed by atoms with Crippen molar-refractivity contribution in [3.63, 3.8) is 0 Å². The van der Waals surface area contributed by atoms with Crippen molar-refractivity contribution in [1.29, 1.82) is 0 Å². The van der Waals surface area contributed by atoms with Gasteiger partial charge in [0.2, 0.25) is 0 Å². The maximum Gasteiger partial charge on any atom is 0.0594 e. The third-order valence-corrected chi connectivity index (χ3v) is 1.99. The lowest BCUT2D eigenvalue weighted by Gasteiger charge is -2.08. The zero-order valence-corrected chi connectivity index (χ0v) is 9.79. The minimum absolute atomic E-state index is 0.312. The van der Waals surface area contributed by atoms with Crippen LogP contribution >= 0.6 is 0 Å². The van der Waals surface area contributed by atoms with Crippen molar-refractivity contribution in [1.82, 2.24) is 10.3 Å². The molecule has 0 aliphatic rings. The predicted molar refractivity (Wildman–Crippen MR) is 61.8 cm³/mol. The number of rotatable bonds is 6. The summed E-state index contributed by atoms with van der Waals surface area (Å²) in [6.45, 7) is 8.65. The Bertz CT molecular complexity index is 287. The summed E-state index contributed by atoms with van der Waals surface area (Å²) in [5, 5.41) is 3.32. The third kappa shape index (κ3) is 5.50. The molecule has 0 amide bonds. The molecule has 0 radical (unpaired) electrons. The highest BCUT2D eigenvalue weighted by Gasteiger charge is 1.95. The molecule has 1 aromatic heterocycles. The molecule has 0 atom stereocenters. The molecule has 1 rings (SSSR count). The number of hydrogen-bond donors (Lipinski definition) is 1. The highest BCUT2D eigenvalue weighted by Crippen LogP contribution is 2.00. The lowest BCUT2D eigenvalue weighted by molar-refractivity contribution is 0.0807. The Balaban J connectivity index is 2.15. The molecule has 0 bridgehead atoms. The molecule has 1 N–H and O–H groups in total. The van der Waals surface area contributed by atoms with E-state index in [1.807, 2.05) is 26.2 Å². The van der Waals surface area contributed by atoms with E-state index in [0.717, 1.165) is 19.7 Å². The maximum atomic E-state index is 5.43. The largest absolute Gasteiger partial charge is 0.377 e. The van der Waals surface area contributed by atoms with E-state index in [0.29, 0.717) is 6.10 Å². The fourth-order valence-corrected chi connectivity index (χ4v) is 1.31. The van der Waals surface area contributed by atoms with E-state index >= 15 is 0 Å². The normalized spacial score (nSPS) is 10.9. The van der Waals surface area contributed by atoms with Crippen molar-refractivity contribution in [2.75, 3.05) is 13.2 Å². The van der Waals surface area contributed by atoms with E-state index in [2.05, 4.69) is 23.3 Å². The van der Waals surface area contributed by atoms with Gasteiger partial charge in [-0.3, -0.25) is 4.98 Å². The standard InChI is InChI=1S/C12H20N2O/c1-10(2)15-5-4-13-8-12-6-11(3)7-14-9-12/h6-7,9-10,13H,4-5,8H2,1-3H3. The molecule has 0 unspecified atom stereocenters. The van der Waals surface area contributed by atoms with Crippen molar-refractivity contribution in [2.45, 2.75) is 33.4 Å². The Hall–Kier alpha value is -0.930. The first kappa shape index (κ1) is 12.1. The van der Waals surface area contributed by atoms with E-state index in [9.17, 15) is 0 Å². The van der Waals surface area contributed by atoms with Crippen LogP contribution < -0.4 is 5.32 Å². The number of nitrogens with one attached hydrogen (secondary N) is 1. The number of ether oxygens (including phenoxy) is 1. The molecule has 0 saturated carbocycles. The summed E-state index contributed by atoms with van der Waals surface area (Å²) in [5.74, 6) is 0. The average molecular weight is 208 g/mol. The van der Waals surface area contributed by atoms with Crippen molar-refractivity contribution >= 4 is 0 Å². The van der Waals surface area contributed by atoms with Crippen LogP contribution in [0.4, 0.5) is 0 Å². The SMILES string of the molecule is Cc1cncc(CNCCOC(C)C)c1. The van der Waals surface area contributed by atoms with Gasteiger partial charge in [-0.1, -0.05) is 6.07 Å². The molecule has 84 valence electrons. The van der Waals surface area contributed by atoms with E-state index in [1.54, 1.807) is 0 Å². The lowest BCUT2D eigenvalue weighted by atomic mass is 10.2. The molecule has 0 aromatic carbocycles. The van der Waals surface area contributed by atoms with Crippen LogP contribution in [0.25, 0.3) is 0 Å². The second-order valence-corrected chi connectivity index (χ2v) is 3.97. The molecule has 1 heterocycles. The Labute approximate surface area is 91.9 Å². The van der Waals surface area contributed by atoms with Gasteiger partial charge >= 0.3 is 0 Å². The van der Waals surface area contributed by atoms with Crippen molar-refractivity contribution in [3.8, 4) is 0 Å². The first-order chi connectivity index (χ1) is 7.18. The molecule has 0 saturated heterocycles.